The van der Waals surface area contributed by atoms with Crippen LogP contribution in [-0.4, -0.2) is 47.3 Å². The highest BCUT2D eigenvalue weighted by Crippen LogP contribution is 2.38. The van der Waals surface area contributed by atoms with Crippen LogP contribution >= 0.6 is 0 Å². The van der Waals surface area contributed by atoms with Gasteiger partial charge >= 0.3 is 5.63 Å². The lowest BCUT2D eigenvalue weighted by Gasteiger charge is -2.52. The van der Waals surface area contributed by atoms with E-state index in [1.54, 1.807) is 6.26 Å². The number of fused-ring (bicyclic) bond motifs is 6. The van der Waals surface area contributed by atoms with E-state index >= 15 is 0 Å². The van der Waals surface area contributed by atoms with Gasteiger partial charge in [-0.2, -0.15) is 0 Å². The van der Waals surface area contributed by atoms with Crippen LogP contribution in [0.4, 0.5) is 0 Å². The standard InChI is InChI=1S/C27H30N2O5/c1-14-13-33-25-16(3)26-20(8-19(14)25)15(2)21(27(32)34-26)9-24(31)28-10-17-7-18(12-28)22-5-4-6-23(30)29(22)11-17/h8,13,17-18,22H,4-7,9-12H2,1-3H3. The van der Waals surface area contributed by atoms with Crippen LogP contribution < -0.4 is 5.63 Å². The predicted octanol–water partition coefficient (Wildman–Crippen LogP) is 3.87. The minimum atomic E-state index is -0.453. The van der Waals surface area contributed by atoms with Crippen LogP contribution in [0.3, 0.4) is 0 Å². The van der Waals surface area contributed by atoms with E-state index in [2.05, 4.69) is 4.90 Å². The number of hydrogen-bond acceptors (Lipinski definition) is 5. The first-order valence-corrected chi connectivity index (χ1v) is 12.3. The number of likely N-dealkylation sites (tertiary alicyclic amines) is 1. The van der Waals surface area contributed by atoms with Crippen LogP contribution in [0.1, 0.15) is 47.9 Å². The minimum Gasteiger partial charge on any atom is -0.464 e. The summed E-state index contributed by atoms with van der Waals surface area (Å²) in [4.78, 5) is 42.8. The van der Waals surface area contributed by atoms with Crippen LogP contribution in [-0.2, 0) is 16.0 Å². The number of furan rings is 1. The summed E-state index contributed by atoms with van der Waals surface area (Å²) in [7, 11) is 0. The molecule has 7 heteroatoms. The largest absolute Gasteiger partial charge is 0.464 e. The summed E-state index contributed by atoms with van der Waals surface area (Å²) in [5.41, 5.74) is 3.86. The fraction of sp³-hybridized carbons (Fsp3) is 0.519. The molecule has 0 saturated carbocycles. The van der Waals surface area contributed by atoms with Crippen molar-refractivity contribution in [1.29, 1.82) is 0 Å². The lowest BCUT2D eigenvalue weighted by atomic mass is 9.76. The number of amides is 2. The zero-order chi connectivity index (χ0) is 23.7. The molecule has 178 valence electrons. The average molecular weight is 463 g/mol. The van der Waals surface area contributed by atoms with Crippen LogP contribution in [0.15, 0.2) is 26.0 Å². The summed E-state index contributed by atoms with van der Waals surface area (Å²) in [5, 5.41) is 1.85. The Morgan fingerprint density at radius 2 is 1.88 bits per heavy atom. The Morgan fingerprint density at radius 3 is 2.71 bits per heavy atom. The van der Waals surface area contributed by atoms with Gasteiger partial charge in [-0.15, -0.1) is 0 Å². The number of carbonyl (C=O) groups is 2. The van der Waals surface area contributed by atoms with Crippen molar-refractivity contribution in [2.75, 3.05) is 19.6 Å². The maximum atomic E-state index is 13.4. The number of benzene rings is 1. The second kappa shape index (κ2) is 7.72. The molecule has 7 nitrogen and oxygen atoms in total. The van der Waals surface area contributed by atoms with Gasteiger partial charge in [0.1, 0.15) is 11.2 Å². The molecular weight excluding hydrogens is 432 g/mol. The molecule has 0 N–H and O–H groups in total. The molecule has 3 fully saturated rings. The normalized spacial score (nSPS) is 24.7. The number of carbonyl (C=O) groups excluding carboxylic acids is 2. The molecule has 0 spiro atoms. The van der Waals surface area contributed by atoms with E-state index in [0.29, 0.717) is 42.5 Å². The van der Waals surface area contributed by atoms with Gasteiger partial charge in [0.25, 0.3) is 0 Å². The van der Waals surface area contributed by atoms with Crippen molar-refractivity contribution < 1.29 is 18.4 Å². The molecule has 3 unspecified atom stereocenters. The zero-order valence-corrected chi connectivity index (χ0v) is 20.0. The SMILES string of the molecule is Cc1coc2c(C)c3oc(=O)c(CC(=O)N4CC5CC(C4)C4CCCC(=O)N4C5)c(C)c3cc12. The summed E-state index contributed by atoms with van der Waals surface area (Å²) >= 11 is 0. The van der Waals surface area contributed by atoms with E-state index in [0.717, 1.165) is 58.9 Å². The second-order valence-corrected chi connectivity index (χ2v) is 10.5. The van der Waals surface area contributed by atoms with Gasteiger partial charge in [0.05, 0.1) is 18.2 Å². The Bertz CT molecular complexity index is 1400. The molecule has 0 radical (unpaired) electrons. The quantitative estimate of drug-likeness (QED) is 0.540. The predicted molar refractivity (Wildman–Crippen MR) is 128 cm³/mol. The zero-order valence-electron chi connectivity index (χ0n) is 20.0. The van der Waals surface area contributed by atoms with E-state index in [9.17, 15) is 14.4 Å². The third kappa shape index (κ3) is 3.20. The van der Waals surface area contributed by atoms with Crippen LogP contribution in [0.5, 0.6) is 0 Å². The molecule has 3 aromatic rings. The van der Waals surface area contributed by atoms with Crippen molar-refractivity contribution in [2.45, 2.75) is 58.9 Å². The van der Waals surface area contributed by atoms with Crippen molar-refractivity contribution in [2.24, 2.45) is 11.8 Å². The third-order valence-electron chi connectivity index (χ3n) is 8.40. The first kappa shape index (κ1) is 21.4. The van der Waals surface area contributed by atoms with Gasteiger partial charge in [0.15, 0.2) is 0 Å². The Kier molecular flexibility index (Phi) is 4.87. The lowest BCUT2D eigenvalue weighted by Crippen LogP contribution is -2.61. The first-order valence-electron chi connectivity index (χ1n) is 12.3. The summed E-state index contributed by atoms with van der Waals surface area (Å²) < 4.78 is 11.4. The number of hydrogen-bond donors (Lipinski definition) is 0. The molecule has 34 heavy (non-hydrogen) atoms. The molecule has 2 aromatic heterocycles. The van der Waals surface area contributed by atoms with E-state index in [1.165, 1.54) is 0 Å². The summed E-state index contributed by atoms with van der Waals surface area (Å²) in [5.74, 6) is 0.884. The molecule has 3 aliphatic heterocycles. The van der Waals surface area contributed by atoms with Crippen molar-refractivity contribution in [3.63, 3.8) is 0 Å². The Morgan fingerprint density at radius 1 is 1.06 bits per heavy atom. The first-order chi connectivity index (χ1) is 16.3. The molecule has 0 aliphatic carbocycles. The molecule has 3 saturated heterocycles. The summed E-state index contributed by atoms with van der Waals surface area (Å²) in [6.07, 6.45) is 5.45. The molecule has 2 bridgehead atoms. The highest BCUT2D eigenvalue weighted by molar-refractivity contribution is 6.00. The monoisotopic (exact) mass is 462 g/mol. The van der Waals surface area contributed by atoms with Gasteiger partial charge in [-0.3, -0.25) is 9.59 Å². The maximum absolute atomic E-state index is 13.4. The number of piperidine rings is 3. The molecule has 5 heterocycles. The van der Waals surface area contributed by atoms with Crippen molar-refractivity contribution in [3.05, 3.63) is 45.0 Å². The van der Waals surface area contributed by atoms with Crippen LogP contribution in [0.25, 0.3) is 21.9 Å². The van der Waals surface area contributed by atoms with Crippen molar-refractivity contribution >= 4 is 33.8 Å². The van der Waals surface area contributed by atoms with Crippen LogP contribution in [0, 0.1) is 32.6 Å². The number of aryl methyl sites for hydroxylation is 3. The minimum absolute atomic E-state index is 0.0303. The maximum Gasteiger partial charge on any atom is 0.340 e. The highest BCUT2D eigenvalue weighted by atomic mass is 16.4. The molecule has 3 aliphatic rings. The van der Waals surface area contributed by atoms with Crippen molar-refractivity contribution in [3.8, 4) is 0 Å². The number of rotatable bonds is 2. The van der Waals surface area contributed by atoms with E-state index in [1.807, 2.05) is 31.7 Å². The van der Waals surface area contributed by atoms with E-state index in [4.69, 9.17) is 8.83 Å². The lowest BCUT2D eigenvalue weighted by molar-refractivity contribution is -0.148. The Balaban J connectivity index is 1.30. The number of nitrogens with zero attached hydrogens (tertiary/aromatic N) is 2. The molecule has 6 rings (SSSR count). The molecule has 2 amide bonds. The van der Waals surface area contributed by atoms with Gasteiger partial charge in [0, 0.05) is 48.4 Å². The summed E-state index contributed by atoms with van der Waals surface area (Å²) in [6.45, 7) is 7.85. The smallest absolute Gasteiger partial charge is 0.340 e. The van der Waals surface area contributed by atoms with E-state index < -0.39 is 5.63 Å². The molecule has 1 aromatic carbocycles. The van der Waals surface area contributed by atoms with Crippen LogP contribution in [0.2, 0.25) is 0 Å². The van der Waals surface area contributed by atoms with Gasteiger partial charge < -0.3 is 18.6 Å². The third-order valence-corrected chi connectivity index (χ3v) is 8.40. The molecular formula is C27H30N2O5. The fourth-order valence-corrected chi connectivity index (χ4v) is 6.60. The van der Waals surface area contributed by atoms with Gasteiger partial charge in [-0.1, -0.05) is 0 Å². The highest BCUT2D eigenvalue weighted by Gasteiger charge is 2.44. The van der Waals surface area contributed by atoms with Gasteiger partial charge in [0.2, 0.25) is 11.8 Å². The Hall–Kier alpha value is -3.09. The van der Waals surface area contributed by atoms with E-state index in [-0.39, 0.29) is 24.3 Å². The topological polar surface area (TPSA) is 84.0 Å². The van der Waals surface area contributed by atoms with Crippen molar-refractivity contribution in [1.82, 2.24) is 9.80 Å². The second-order valence-electron chi connectivity index (χ2n) is 10.5. The van der Waals surface area contributed by atoms with Gasteiger partial charge in [-0.25, -0.2) is 4.79 Å². The Labute approximate surface area is 197 Å². The average Bonchev–Trinajstić information content (AvgIpc) is 3.19. The molecule has 3 atom stereocenters. The summed E-state index contributed by atoms with van der Waals surface area (Å²) in [6, 6.07) is 2.26. The van der Waals surface area contributed by atoms with Gasteiger partial charge in [-0.05, 0) is 69.1 Å². The fourth-order valence-electron chi connectivity index (χ4n) is 6.60.